The van der Waals surface area contributed by atoms with Gasteiger partial charge in [0.1, 0.15) is 11.6 Å². The molecule has 4 heterocycles. The van der Waals surface area contributed by atoms with Gasteiger partial charge in [-0.1, -0.05) is 11.6 Å². The highest BCUT2D eigenvalue weighted by molar-refractivity contribution is 6.31. The molecule has 1 saturated heterocycles. The zero-order valence-electron chi connectivity index (χ0n) is 19.1. The van der Waals surface area contributed by atoms with Crippen molar-refractivity contribution in [3.8, 4) is 11.5 Å². The molecule has 5 rings (SSSR count). The molecular weight excluding hydrogens is 444 g/mol. The summed E-state index contributed by atoms with van der Waals surface area (Å²) in [4.78, 5) is 17.1. The van der Waals surface area contributed by atoms with Gasteiger partial charge in [-0.2, -0.15) is 0 Å². The highest BCUT2D eigenvalue weighted by Gasteiger charge is 2.24. The van der Waals surface area contributed by atoms with Crippen molar-refractivity contribution >= 4 is 17.5 Å². The van der Waals surface area contributed by atoms with Gasteiger partial charge in [-0.15, -0.1) is 10.2 Å². The van der Waals surface area contributed by atoms with Gasteiger partial charge in [0.2, 0.25) is 12.7 Å². The van der Waals surface area contributed by atoms with Gasteiger partial charge in [0.05, 0.1) is 5.92 Å². The van der Waals surface area contributed by atoms with Gasteiger partial charge >= 0.3 is 0 Å². The zero-order chi connectivity index (χ0) is 22.8. The van der Waals surface area contributed by atoms with Crippen molar-refractivity contribution in [2.24, 2.45) is 5.92 Å². The summed E-state index contributed by atoms with van der Waals surface area (Å²) >= 11 is 6.48. The molecule has 0 aliphatic carbocycles. The van der Waals surface area contributed by atoms with Crippen LogP contribution in [0.4, 0.5) is 0 Å². The number of nitrogens with one attached hydrogen (secondary N) is 1. The number of ether oxygens (including phenoxy) is 2. The van der Waals surface area contributed by atoms with Gasteiger partial charge in [0.15, 0.2) is 11.5 Å². The number of hydrogen-bond acceptors (Lipinski definition) is 7. The largest absolute Gasteiger partial charge is 0.454 e. The molecule has 3 aliphatic heterocycles. The topological polar surface area (TPSA) is 84.8 Å². The molecule has 1 aromatic heterocycles. The molecule has 0 unspecified atom stereocenters. The third-order valence-corrected chi connectivity index (χ3v) is 7.13. The molecule has 1 amide bonds. The van der Waals surface area contributed by atoms with Crippen LogP contribution in [0.15, 0.2) is 12.1 Å². The molecule has 0 radical (unpaired) electrons. The van der Waals surface area contributed by atoms with Crippen molar-refractivity contribution in [3.05, 3.63) is 34.4 Å². The van der Waals surface area contributed by atoms with Crippen LogP contribution in [0.3, 0.4) is 0 Å². The summed E-state index contributed by atoms with van der Waals surface area (Å²) in [6, 6.07) is 3.82. The summed E-state index contributed by atoms with van der Waals surface area (Å²) in [7, 11) is 2.08. The van der Waals surface area contributed by atoms with Crippen LogP contribution in [0.2, 0.25) is 5.02 Å². The number of piperidine rings is 1. The van der Waals surface area contributed by atoms with E-state index < -0.39 is 0 Å². The molecule has 178 valence electrons. The number of amides is 1. The Morgan fingerprint density at radius 2 is 2.03 bits per heavy atom. The SMILES string of the molecule is CN1CCC[C@@H](C(=O)NCCc2nnc3n2CCN(Cc2cc4c(cc2Cl)OCO4)CC3)C1. The maximum absolute atomic E-state index is 12.5. The molecule has 0 bridgehead atoms. The quantitative estimate of drug-likeness (QED) is 0.682. The predicted octanol–water partition coefficient (Wildman–Crippen LogP) is 1.72. The average molecular weight is 475 g/mol. The van der Waals surface area contributed by atoms with Crippen LogP contribution in [-0.4, -0.2) is 77.0 Å². The lowest BCUT2D eigenvalue weighted by Gasteiger charge is -2.28. The first kappa shape index (κ1) is 22.4. The molecule has 0 saturated carbocycles. The Morgan fingerprint density at radius 3 is 2.88 bits per heavy atom. The number of rotatable bonds is 6. The predicted molar refractivity (Wildman–Crippen MR) is 124 cm³/mol. The van der Waals surface area contributed by atoms with Gasteiger partial charge in [-0.25, -0.2) is 0 Å². The minimum atomic E-state index is 0.0934. The molecule has 3 aliphatic rings. The van der Waals surface area contributed by atoms with Crippen LogP contribution in [0.25, 0.3) is 0 Å². The number of fused-ring (bicyclic) bond motifs is 2. The smallest absolute Gasteiger partial charge is 0.231 e. The van der Waals surface area contributed by atoms with Crippen molar-refractivity contribution in [2.45, 2.75) is 38.8 Å². The zero-order valence-corrected chi connectivity index (χ0v) is 19.8. The van der Waals surface area contributed by atoms with Gasteiger partial charge in [-0.05, 0) is 38.1 Å². The van der Waals surface area contributed by atoms with Gasteiger partial charge in [0, 0.05) is 63.2 Å². The highest BCUT2D eigenvalue weighted by atomic mass is 35.5. The number of carbonyl (C=O) groups is 1. The van der Waals surface area contributed by atoms with Crippen LogP contribution in [0.5, 0.6) is 11.5 Å². The Bertz CT molecular complexity index is 1010. The molecular formula is C23H31ClN6O3. The van der Waals surface area contributed by atoms with Crippen molar-refractivity contribution in [1.29, 1.82) is 0 Å². The van der Waals surface area contributed by atoms with E-state index in [0.717, 1.165) is 81.5 Å². The molecule has 9 nitrogen and oxygen atoms in total. The maximum Gasteiger partial charge on any atom is 0.231 e. The Balaban J connectivity index is 1.15. The summed E-state index contributed by atoms with van der Waals surface area (Å²) in [5, 5.41) is 12.6. The van der Waals surface area contributed by atoms with Crippen LogP contribution in [0.1, 0.15) is 30.1 Å². The standard InChI is InChI=1S/C23H31ClN6O3/c1-28-7-2-3-16(13-28)23(31)25-6-4-21-26-27-22-5-8-29(9-10-30(21)22)14-17-11-19-20(12-18(17)24)33-15-32-19/h11-12,16H,2-10,13-15H2,1H3,(H,25,31)/t16-/m1/s1. The molecule has 0 spiro atoms. The van der Waals surface area contributed by atoms with Gasteiger partial charge in [-0.3, -0.25) is 9.69 Å². The van der Waals surface area contributed by atoms with E-state index >= 15 is 0 Å². The van der Waals surface area contributed by atoms with Crippen LogP contribution >= 0.6 is 11.6 Å². The Morgan fingerprint density at radius 1 is 1.18 bits per heavy atom. The van der Waals surface area contributed by atoms with E-state index in [1.807, 2.05) is 12.1 Å². The van der Waals surface area contributed by atoms with Crippen LogP contribution < -0.4 is 14.8 Å². The summed E-state index contributed by atoms with van der Waals surface area (Å²) in [6.45, 7) is 6.08. The lowest BCUT2D eigenvalue weighted by molar-refractivity contribution is -0.126. The molecule has 1 N–H and O–H groups in total. The first-order valence-electron chi connectivity index (χ1n) is 11.7. The normalized spacial score (nSPS) is 21.0. The molecule has 1 fully saturated rings. The third-order valence-electron chi connectivity index (χ3n) is 6.77. The Labute approximate surface area is 199 Å². The fraction of sp³-hybridized carbons (Fsp3) is 0.609. The number of carbonyl (C=O) groups excluding carboxylic acids is 1. The van der Waals surface area contributed by atoms with Crippen molar-refractivity contribution < 1.29 is 14.3 Å². The molecule has 1 aromatic carbocycles. The minimum Gasteiger partial charge on any atom is -0.454 e. The number of benzene rings is 1. The van der Waals surface area contributed by atoms with Crippen molar-refractivity contribution in [3.63, 3.8) is 0 Å². The lowest BCUT2D eigenvalue weighted by atomic mass is 9.97. The monoisotopic (exact) mass is 474 g/mol. The van der Waals surface area contributed by atoms with E-state index in [2.05, 4.69) is 36.9 Å². The Kier molecular flexibility index (Phi) is 6.71. The summed E-state index contributed by atoms with van der Waals surface area (Å²) in [6.07, 6.45) is 3.57. The Hall–Kier alpha value is -2.36. The van der Waals surface area contributed by atoms with Gasteiger partial charge < -0.3 is 24.3 Å². The number of aromatic nitrogens is 3. The van der Waals surface area contributed by atoms with E-state index in [4.69, 9.17) is 21.1 Å². The number of nitrogens with zero attached hydrogens (tertiary/aromatic N) is 5. The summed E-state index contributed by atoms with van der Waals surface area (Å²) < 4.78 is 13.1. The second-order valence-electron chi connectivity index (χ2n) is 9.15. The number of halogens is 1. The van der Waals surface area contributed by atoms with E-state index in [0.29, 0.717) is 23.7 Å². The first-order chi connectivity index (χ1) is 16.1. The maximum atomic E-state index is 12.5. The molecule has 10 heteroatoms. The minimum absolute atomic E-state index is 0.0934. The fourth-order valence-corrected chi connectivity index (χ4v) is 5.13. The van der Waals surface area contributed by atoms with Crippen LogP contribution in [0, 0.1) is 5.92 Å². The van der Waals surface area contributed by atoms with Gasteiger partial charge in [0.25, 0.3) is 0 Å². The first-order valence-corrected chi connectivity index (χ1v) is 12.1. The van der Waals surface area contributed by atoms with E-state index in [9.17, 15) is 4.79 Å². The molecule has 33 heavy (non-hydrogen) atoms. The molecule has 1 atom stereocenters. The van der Waals surface area contributed by atoms with Crippen molar-refractivity contribution in [1.82, 2.24) is 29.9 Å². The van der Waals surface area contributed by atoms with Crippen LogP contribution in [-0.2, 0) is 30.7 Å². The average Bonchev–Trinajstić information content (AvgIpc) is 3.36. The molecule has 2 aromatic rings. The second-order valence-corrected chi connectivity index (χ2v) is 9.56. The second kappa shape index (κ2) is 9.87. The van der Waals surface area contributed by atoms with E-state index in [1.54, 1.807) is 0 Å². The highest BCUT2D eigenvalue weighted by Crippen LogP contribution is 2.37. The van der Waals surface area contributed by atoms with Crippen molar-refractivity contribution in [2.75, 3.05) is 46.6 Å². The number of likely N-dealkylation sites (tertiary alicyclic amines) is 1. The number of hydrogen-bond donors (Lipinski definition) is 1. The lowest BCUT2D eigenvalue weighted by Crippen LogP contribution is -2.42. The fourth-order valence-electron chi connectivity index (χ4n) is 4.91. The summed E-state index contributed by atoms with van der Waals surface area (Å²) in [5.74, 6) is 3.65. The van der Waals surface area contributed by atoms with E-state index in [-0.39, 0.29) is 18.6 Å². The third kappa shape index (κ3) is 5.10. The van der Waals surface area contributed by atoms with E-state index in [1.165, 1.54) is 0 Å². The summed E-state index contributed by atoms with van der Waals surface area (Å²) in [5.41, 5.74) is 1.04.